The Balaban J connectivity index is 2.39. The SMILES string of the molecule is C=CC[C@H](CC=O)OCc1ccccc1. The van der Waals surface area contributed by atoms with Crippen LogP contribution in [0.15, 0.2) is 43.0 Å². The van der Waals surface area contributed by atoms with Crippen molar-refractivity contribution in [3.05, 3.63) is 48.6 Å². The Morgan fingerprint density at radius 2 is 2.00 bits per heavy atom. The van der Waals surface area contributed by atoms with E-state index < -0.39 is 0 Å². The molecule has 2 heteroatoms. The molecule has 0 aromatic heterocycles. The Hall–Kier alpha value is -1.41. The van der Waals surface area contributed by atoms with E-state index in [0.717, 1.165) is 11.8 Å². The van der Waals surface area contributed by atoms with E-state index in [9.17, 15) is 4.79 Å². The van der Waals surface area contributed by atoms with Gasteiger partial charge in [-0.2, -0.15) is 0 Å². The van der Waals surface area contributed by atoms with Gasteiger partial charge in [0.1, 0.15) is 6.29 Å². The maximum Gasteiger partial charge on any atom is 0.122 e. The maximum absolute atomic E-state index is 10.4. The van der Waals surface area contributed by atoms with Gasteiger partial charge in [-0.05, 0) is 12.0 Å². The highest BCUT2D eigenvalue weighted by Crippen LogP contribution is 2.08. The molecule has 1 aromatic rings. The van der Waals surface area contributed by atoms with Crippen molar-refractivity contribution in [1.29, 1.82) is 0 Å². The number of hydrogen-bond acceptors (Lipinski definition) is 2. The van der Waals surface area contributed by atoms with Gasteiger partial charge in [0.2, 0.25) is 0 Å². The van der Waals surface area contributed by atoms with Gasteiger partial charge in [0.05, 0.1) is 12.7 Å². The van der Waals surface area contributed by atoms with Crippen LogP contribution in [0, 0.1) is 0 Å². The summed E-state index contributed by atoms with van der Waals surface area (Å²) >= 11 is 0. The third-order valence-electron chi connectivity index (χ3n) is 2.12. The lowest BCUT2D eigenvalue weighted by molar-refractivity contribution is -0.110. The third-order valence-corrected chi connectivity index (χ3v) is 2.12. The van der Waals surface area contributed by atoms with E-state index in [1.807, 2.05) is 30.3 Å². The van der Waals surface area contributed by atoms with E-state index in [1.54, 1.807) is 6.08 Å². The molecule has 0 N–H and O–H groups in total. The van der Waals surface area contributed by atoms with Crippen LogP contribution in [0.2, 0.25) is 0 Å². The van der Waals surface area contributed by atoms with E-state index in [1.165, 1.54) is 0 Å². The van der Waals surface area contributed by atoms with Crippen molar-refractivity contribution in [3.8, 4) is 0 Å². The molecule has 0 aliphatic heterocycles. The molecule has 0 radical (unpaired) electrons. The van der Waals surface area contributed by atoms with Crippen molar-refractivity contribution in [1.82, 2.24) is 0 Å². The summed E-state index contributed by atoms with van der Waals surface area (Å²) in [6, 6.07) is 9.93. The van der Waals surface area contributed by atoms with Crippen LogP contribution in [0.25, 0.3) is 0 Å². The number of rotatable bonds is 7. The normalized spacial score (nSPS) is 12.0. The summed E-state index contributed by atoms with van der Waals surface area (Å²) in [5.74, 6) is 0. The number of carbonyl (C=O) groups is 1. The molecule has 0 aliphatic rings. The molecule has 0 unspecified atom stereocenters. The Morgan fingerprint density at radius 3 is 2.60 bits per heavy atom. The molecule has 2 nitrogen and oxygen atoms in total. The number of hydrogen-bond donors (Lipinski definition) is 0. The second-order valence-electron chi connectivity index (χ2n) is 3.35. The zero-order valence-electron chi connectivity index (χ0n) is 8.76. The summed E-state index contributed by atoms with van der Waals surface area (Å²) in [5.41, 5.74) is 1.12. The number of aldehydes is 1. The van der Waals surface area contributed by atoms with Crippen LogP contribution in [-0.2, 0) is 16.1 Å². The molecular formula is C13H16O2. The van der Waals surface area contributed by atoms with Crippen molar-refractivity contribution in [2.75, 3.05) is 0 Å². The van der Waals surface area contributed by atoms with Crippen LogP contribution >= 0.6 is 0 Å². The van der Waals surface area contributed by atoms with Gasteiger partial charge in [-0.15, -0.1) is 6.58 Å². The monoisotopic (exact) mass is 204 g/mol. The summed E-state index contributed by atoms with van der Waals surface area (Å²) in [6.07, 6.45) is 3.77. The average Bonchev–Trinajstić information content (AvgIpc) is 2.28. The van der Waals surface area contributed by atoms with Gasteiger partial charge in [-0.1, -0.05) is 36.4 Å². The predicted molar refractivity (Wildman–Crippen MR) is 60.5 cm³/mol. The summed E-state index contributed by atoms with van der Waals surface area (Å²) < 4.78 is 5.61. The first-order valence-corrected chi connectivity index (χ1v) is 5.07. The van der Waals surface area contributed by atoms with Gasteiger partial charge in [0.25, 0.3) is 0 Å². The minimum Gasteiger partial charge on any atom is -0.373 e. The van der Waals surface area contributed by atoms with Crippen LogP contribution in [-0.4, -0.2) is 12.4 Å². The van der Waals surface area contributed by atoms with Gasteiger partial charge in [0, 0.05) is 6.42 Å². The lowest BCUT2D eigenvalue weighted by Gasteiger charge is -2.13. The first-order valence-electron chi connectivity index (χ1n) is 5.07. The quantitative estimate of drug-likeness (QED) is 0.504. The molecular weight excluding hydrogens is 188 g/mol. The fourth-order valence-corrected chi connectivity index (χ4v) is 1.31. The van der Waals surface area contributed by atoms with Gasteiger partial charge in [-0.25, -0.2) is 0 Å². The number of carbonyl (C=O) groups excluding carboxylic acids is 1. The predicted octanol–water partition coefficient (Wildman–Crippen LogP) is 2.74. The van der Waals surface area contributed by atoms with Crippen LogP contribution in [0.4, 0.5) is 0 Å². The van der Waals surface area contributed by atoms with E-state index in [-0.39, 0.29) is 6.10 Å². The molecule has 0 bridgehead atoms. The lowest BCUT2D eigenvalue weighted by Crippen LogP contribution is -2.12. The van der Waals surface area contributed by atoms with Gasteiger partial charge < -0.3 is 9.53 Å². The number of benzene rings is 1. The zero-order valence-corrected chi connectivity index (χ0v) is 8.76. The molecule has 1 rings (SSSR count). The van der Waals surface area contributed by atoms with Crippen molar-refractivity contribution < 1.29 is 9.53 Å². The number of ether oxygens (including phenoxy) is 1. The van der Waals surface area contributed by atoms with Crippen molar-refractivity contribution >= 4 is 6.29 Å². The Labute approximate surface area is 90.6 Å². The fourth-order valence-electron chi connectivity index (χ4n) is 1.31. The molecule has 0 aliphatic carbocycles. The molecule has 0 saturated carbocycles. The van der Waals surface area contributed by atoms with Crippen LogP contribution in [0.5, 0.6) is 0 Å². The molecule has 0 fully saturated rings. The summed E-state index contributed by atoms with van der Waals surface area (Å²) in [5, 5.41) is 0. The molecule has 15 heavy (non-hydrogen) atoms. The van der Waals surface area contributed by atoms with Gasteiger partial charge in [0.15, 0.2) is 0 Å². The lowest BCUT2D eigenvalue weighted by atomic mass is 10.2. The van der Waals surface area contributed by atoms with E-state index >= 15 is 0 Å². The Bertz CT molecular complexity index is 283. The van der Waals surface area contributed by atoms with Crippen molar-refractivity contribution in [2.45, 2.75) is 25.6 Å². The second kappa shape index (κ2) is 6.96. The van der Waals surface area contributed by atoms with E-state index in [4.69, 9.17) is 4.74 Å². The van der Waals surface area contributed by atoms with E-state index in [0.29, 0.717) is 19.4 Å². The maximum atomic E-state index is 10.4. The zero-order chi connectivity index (χ0) is 10.9. The minimum atomic E-state index is -0.0415. The molecule has 1 aromatic carbocycles. The van der Waals surface area contributed by atoms with Crippen LogP contribution in [0.3, 0.4) is 0 Å². The molecule has 0 amide bonds. The topological polar surface area (TPSA) is 26.3 Å². The minimum absolute atomic E-state index is 0.0415. The van der Waals surface area contributed by atoms with Crippen LogP contribution in [0.1, 0.15) is 18.4 Å². The van der Waals surface area contributed by atoms with Crippen LogP contribution < -0.4 is 0 Å². The Kier molecular flexibility index (Phi) is 5.41. The third kappa shape index (κ3) is 4.56. The Morgan fingerprint density at radius 1 is 1.27 bits per heavy atom. The van der Waals surface area contributed by atoms with Crippen molar-refractivity contribution in [2.24, 2.45) is 0 Å². The second-order valence-corrected chi connectivity index (χ2v) is 3.35. The average molecular weight is 204 g/mol. The summed E-state index contributed by atoms with van der Waals surface area (Å²) in [6.45, 7) is 4.19. The highest BCUT2D eigenvalue weighted by Gasteiger charge is 2.06. The molecule has 0 saturated heterocycles. The first-order chi connectivity index (χ1) is 7.36. The largest absolute Gasteiger partial charge is 0.373 e. The summed E-state index contributed by atoms with van der Waals surface area (Å²) in [4.78, 5) is 10.4. The van der Waals surface area contributed by atoms with Gasteiger partial charge in [-0.3, -0.25) is 0 Å². The van der Waals surface area contributed by atoms with Gasteiger partial charge >= 0.3 is 0 Å². The highest BCUT2D eigenvalue weighted by atomic mass is 16.5. The molecule has 1 atom stereocenters. The molecule has 80 valence electrons. The molecule has 0 heterocycles. The van der Waals surface area contributed by atoms with E-state index in [2.05, 4.69) is 6.58 Å². The standard InChI is InChI=1S/C13H16O2/c1-2-6-13(9-10-14)15-11-12-7-4-3-5-8-12/h2-5,7-8,10,13H,1,6,9,11H2/t13-/m1/s1. The summed E-state index contributed by atoms with van der Waals surface area (Å²) in [7, 11) is 0. The fraction of sp³-hybridized carbons (Fsp3) is 0.308. The first kappa shape index (κ1) is 11.7. The molecule has 0 spiro atoms. The smallest absolute Gasteiger partial charge is 0.122 e. The van der Waals surface area contributed by atoms with Crippen molar-refractivity contribution in [3.63, 3.8) is 0 Å². The highest BCUT2D eigenvalue weighted by molar-refractivity contribution is 5.50.